The molecule has 0 aliphatic heterocycles. The fraction of sp³-hybridized carbons (Fsp3) is 0.267. The number of nitrogens with zero attached hydrogens (tertiary/aromatic N) is 1. The first-order valence-electron chi connectivity index (χ1n) is 6.18. The Labute approximate surface area is 107 Å². The second kappa shape index (κ2) is 6.17. The Bertz CT molecular complexity index is 537. The van der Waals surface area contributed by atoms with Gasteiger partial charge in [0, 0.05) is 18.0 Å². The van der Waals surface area contributed by atoms with Crippen LogP contribution < -0.4 is 10.1 Å². The number of hydrogen-bond donors (Lipinski definition) is 1. The zero-order chi connectivity index (χ0) is 12.8. The number of nitrogens with one attached hydrogen (secondary N) is 1. The first kappa shape index (κ1) is 12.6. The van der Waals surface area contributed by atoms with Gasteiger partial charge in [0.05, 0.1) is 11.2 Å². The van der Waals surface area contributed by atoms with Gasteiger partial charge in [0.1, 0.15) is 12.4 Å². The minimum absolute atomic E-state index is 0.509. The lowest BCUT2D eigenvalue weighted by molar-refractivity contribution is 0.367. The maximum absolute atomic E-state index is 5.70. The molecule has 0 atom stereocenters. The second-order valence-electron chi connectivity index (χ2n) is 4.01. The lowest BCUT2D eigenvalue weighted by Crippen LogP contribution is -2.13. The van der Waals surface area contributed by atoms with Crippen molar-refractivity contribution in [1.82, 2.24) is 10.3 Å². The van der Waals surface area contributed by atoms with Gasteiger partial charge in [-0.3, -0.25) is 4.98 Å². The SMILES string of the molecule is C=CCOc1cc(CNCC)nc2ccccc12. The molecule has 0 unspecified atom stereocenters. The average molecular weight is 242 g/mol. The third-order valence-electron chi connectivity index (χ3n) is 2.64. The molecule has 0 fully saturated rings. The van der Waals surface area contributed by atoms with Crippen LogP contribution in [0.3, 0.4) is 0 Å². The Balaban J connectivity index is 2.39. The van der Waals surface area contributed by atoms with Gasteiger partial charge in [-0.15, -0.1) is 0 Å². The zero-order valence-electron chi connectivity index (χ0n) is 10.6. The molecule has 1 aromatic heterocycles. The number of rotatable bonds is 6. The van der Waals surface area contributed by atoms with Gasteiger partial charge in [0.2, 0.25) is 0 Å². The van der Waals surface area contributed by atoms with Crippen molar-refractivity contribution in [2.75, 3.05) is 13.2 Å². The summed E-state index contributed by atoms with van der Waals surface area (Å²) < 4.78 is 5.70. The number of para-hydroxylation sites is 1. The fourth-order valence-corrected chi connectivity index (χ4v) is 1.81. The Morgan fingerprint density at radius 1 is 1.39 bits per heavy atom. The first-order chi connectivity index (χ1) is 8.85. The van der Waals surface area contributed by atoms with Crippen molar-refractivity contribution in [3.05, 3.63) is 48.7 Å². The quantitative estimate of drug-likeness (QED) is 0.791. The van der Waals surface area contributed by atoms with Crippen LogP contribution in [0.15, 0.2) is 43.0 Å². The molecule has 2 aromatic rings. The topological polar surface area (TPSA) is 34.1 Å². The monoisotopic (exact) mass is 242 g/mol. The second-order valence-corrected chi connectivity index (χ2v) is 4.01. The minimum atomic E-state index is 0.509. The Morgan fingerprint density at radius 2 is 2.22 bits per heavy atom. The number of pyridine rings is 1. The molecule has 3 heteroatoms. The molecule has 3 nitrogen and oxygen atoms in total. The van der Waals surface area contributed by atoms with E-state index in [0.29, 0.717) is 6.61 Å². The van der Waals surface area contributed by atoms with E-state index in [2.05, 4.69) is 23.8 Å². The predicted octanol–water partition coefficient (Wildman–Crippen LogP) is 2.91. The molecule has 0 bridgehead atoms. The van der Waals surface area contributed by atoms with Crippen LogP contribution in [0, 0.1) is 0 Å². The number of benzene rings is 1. The number of hydrogen-bond acceptors (Lipinski definition) is 3. The number of ether oxygens (including phenoxy) is 1. The van der Waals surface area contributed by atoms with E-state index in [9.17, 15) is 0 Å². The molecule has 0 aliphatic rings. The van der Waals surface area contributed by atoms with Gasteiger partial charge >= 0.3 is 0 Å². The summed E-state index contributed by atoms with van der Waals surface area (Å²) in [5.74, 6) is 0.869. The van der Waals surface area contributed by atoms with Crippen LogP contribution in [-0.4, -0.2) is 18.1 Å². The van der Waals surface area contributed by atoms with Gasteiger partial charge in [-0.2, -0.15) is 0 Å². The van der Waals surface area contributed by atoms with Gasteiger partial charge in [-0.25, -0.2) is 0 Å². The van der Waals surface area contributed by atoms with Gasteiger partial charge in [0.25, 0.3) is 0 Å². The smallest absolute Gasteiger partial charge is 0.131 e. The van der Waals surface area contributed by atoms with Crippen molar-refractivity contribution in [1.29, 1.82) is 0 Å². The van der Waals surface area contributed by atoms with E-state index in [4.69, 9.17) is 4.74 Å². The third kappa shape index (κ3) is 2.87. The lowest BCUT2D eigenvalue weighted by Gasteiger charge is -2.10. The molecule has 18 heavy (non-hydrogen) atoms. The standard InChI is InChI=1S/C15H18N2O/c1-3-9-18-15-10-12(11-16-4-2)17-14-8-6-5-7-13(14)15/h3,5-8,10,16H,1,4,9,11H2,2H3. The molecular weight excluding hydrogens is 224 g/mol. The summed E-state index contributed by atoms with van der Waals surface area (Å²) in [5, 5.41) is 4.32. The molecule has 1 N–H and O–H groups in total. The predicted molar refractivity (Wildman–Crippen MR) is 74.8 cm³/mol. The van der Waals surface area contributed by atoms with E-state index in [-0.39, 0.29) is 0 Å². The number of fused-ring (bicyclic) bond motifs is 1. The highest BCUT2D eigenvalue weighted by Gasteiger charge is 2.05. The molecule has 2 rings (SSSR count). The van der Waals surface area contributed by atoms with Crippen molar-refractivity contribution < 1.29 is 4.74 Å². The van der Waals surface area contributed by atoms with Crippen LogP contribution in [0.1, 0.15) is 12.6 Å². The fourth-order valence-electron chi connectivity index (χ4n) is 1.81. The Morgan fingerprint density at radius 3 is 3.00 bits per heavy atom. The zero-order valence-corrected chi connectivity index (χ0v) is 10.6. The maximum Gasteiger partial charge on any atom is 0.131 e. The lowest BCUT2D eigenvalue weighted by atomic mass is 10.2. The van der Waals surface area contributed by atoms with Crippen LogP contribution in [0.2, 0.25) is 0 Å². The van der Waals surface area contributed by atoms with E-state index in [0.717, 1.165) is 35.4 Å². The van der Waals surface area contributed by atoms with Gasteiger partial charge < -0.3 is 10.1 Å². The highest BCUT2D eigenvalue weighted by molar-refractivity contribution is 5.85. The van der Waals surface area contributed by atoms with Crippen molar-refractivity contribution >= 4 is 10.9 Å². The van der Waals surface area contributed by atoms with E-state index < -0.39 is 0 Å². The Hall–Kier alpha value is -1.87. The van der Waals surface area contributed by atoms with Crippen LogP contribution in [0.25, 0.3) is 10.9 Å². The third-order valence-corrected chi connectivity index (χ3v) is 2.64. The normalized spacial score (nSPS) is 10.5. The molecule has 1 aromatic carbocycles. The van der Waals surface area contributed by atoms with E-state index in [1.54, 1.807) is 6.08 Å². The summed E-state index contributed by atoms with van der Waals surface area (Å²) in [6, 6.07) is 10.0. The molecule has 0 saturated heterocycles. The molecule has 0 saturated carbocycles. The maximum atomic E-state index is 5.70. The summed E-state index contributed by atoms with van der Waals surface area (Å²) >= 11 is 0. The Kier molecular flexibility index (Phi) is 4.31. The number of aromatic nitrogens is 1. The summed E-state index contributed by atoms with van der Waals surface area (Å²) in [7, 11) is 0. The van der Waals surface area contributed by atoms with Crippen molar-refractivity contribution in [3.8, 4) is 5.75 Å². The average Bonchev–Trinajstić information content (AvgIpc) is 2.42. The molecule has 0 spiro atoms. The molecular formula is C15H18N2O. The van der Waals surface area contributed by atoms with Gasteiger partial charge in [0.15, 0.2) is 0 Å². The summed E-state index contributed by atoms with van der Waals surface area (Å²) in [6.07, 6.45) is 1.75. The van der Waals surface area contributed by atoms with E-state index in [1.165, 1.54) is 0 Å². The molecule has 1 heterocycles. The summed E-state index contributed by atoms with van der Waals surface area (Å²) in [5.41, 5.74) is 1.96. The minimum Gasteiger partial charge on any atom is -0.489 e. The summed E-state index contributed by atoms with van der Waals surface area (Å²) in [6.45, 7) is 7.95. The molecule has 94 valence electrons. The van der Waals surface area contributed by atoms with E-state index in [1.807, 2.05) is 30.3 Å². The highest BCUT2D eigenvalue weighted by atomic mass is 16.5. The van der Waals surface area contributed by atoms with Crippen molar-refractivity contribution in [2.45, 2.75) is 13.5 Å². The van der Waals surface area contributed by atoms with Gasteiger partial charge in [-0.05, 0) is 18.7 Å². The molecule has 0 amide bonds. The van der Waals surface area contributed by atoms with Crippen LogP contribution >= 0.6 is 0 Å². The highest BCUT2D eigenvalue weighted by Crippen LogP contribution is 2.25. The van der Waals surface area contributed by atoms with Crippen LogP contribution in [-0.2, 0) is 6.54 Å². The van der Waals surface area contributed by atoms with Crippen molar-refractivity contribution in [3.63, 3.8) is 0 Å². The molecule has 0 aliphatic carbocycles. The summed E-state index contributed by atoms with van der Waals surface area (Å²) in [4.78, 5) is 4.61. The van der Waals surface area contributed by atoms with Gasteiger partial charge in [-0.1, -0.05) is 31.7 Å². The van der Waals surface area contributed by atoms with Crippen molar-refractivity contribution in [2.24, 2.45) is 0 Å². The molecule has 0 radical (unpaired) electrons. The van der Waals surface area contributed by atoms with E-state index >= 15 is 0 Å². The van der Waals surface area contributed by atoms with Crippen LogP contribution in [0.5, 0.6) is 5.75 Å². The largest absolute Gasteiger partial charge is 0.489 e. The van der Waals surface area contributed by atoms with Crippen LogP contribution in [0.4, 0.5) is 0 Å². The first-order valence-corrected chi connectivity index (χ1v) is 6.18.